The summed E-state index contributed by atoms with van der Waals surface area (Å²) in [5.41, 5.74) is 5.03. The second kappa shape index (κ2) is 4.95. The van der Waals surface area contributed by atoms with Crippen LogP contribution < -0.4 is 5.73 Å². The van der Waals surface area contributed by atoms with E-state index in [0.717, 1.165) is 0 Å². The standard InChI is InChI=1S/C3H9N2O3/c4-2-1-3-8-5(6)7/h6H,1-4H2/q-1. The lowest BCUT2D eigenvalue weighted by Gasteiger charge is -2.17. The van der Waals surface area contributed by atoms with E-state index >= 15 is 0 Å². The molecule has 0 atom stereocenters. The fourth-order valence-corrected chi connectivity index (χ4v) is 0.226. The average molecular weight is 121 g/mol. The van der Waals surface area contributed by atoms with Crippen LogP contribution >= 0.6 is 0 Å². The van der Waals surface area contributed by atoms with Gasteiger partial charge in [0.2, 0.25) is 0 Å². The summed E-state index contributed by atoms with van der Waals surface area (Å²) in [6.45, 7) is 0.615. The van der Waals surface area contributed by atoms with E-state index in [9.17, 15) is 5.21 Å². The number of rotatable bonds is 4. The fraction of sp³-hybridized carbons (Fsp3) is 1.00. The predicted molar refractivity (Wildman–Crippen MR) is 26.6 cm³/mol. The number of hydrogen-bond acceptors (Lipinski definition) is 5. The molecule has 0 saturated carbocycles. The molecule has 0 aliphatic rings. The van der Waals surface area contributed by atoms with E-state index in [1.807, 2.05) is 0 Å². The highest BCUT2D eigenvalue weighted by Crippen LogP contribution is 1.81. The van der Waals surface area contributed by atoms with Gasteiger partial charge in [-0.15, -0.1) is 5.39 Å². The zero-order valence-corrected chi connectivity index (χ0v) is 4.41. The van der Waals surface area contributed by atoms with Crippen molar-refractivity contribution in [3.8, 4) is 0 Å². The van der Waals surface area contributed by atoms with Gasteiger partial charge in [0.1, 0.15) is 0 Å². The topological polar surface area (TPSA) is 81.8 Å². The maximum atomic E-state index is 9.53. The normalized spacial score (nSPS) is 10.5. The van der Waals surface area contributed by atoms with Crippen LogP contribution in [0.5, 0.6) is 0 Å². The lowest BCUT2D eigenvalue weighted by molar-refractivity contribution is -0.305. The second-order valence-corrected chi connectivity index (χ2v) is 1.21. The first kappa shape index (κ1) is 7.80. The molecule has 0 rings (SSSR count). The summed E-state index contributed by atoms with van der Waals surface area (Å²) in [6, 6.07) is 0. The Hall–Kier alpha value is -0.200. The molecule has 50 valence electrons. The van der Waals surface area contributed by atoms with Gasteiger partial charge < -0.3 is 16.1 Å². The molecular weight excluding hydrogens is 112 g/mol. The largest absolute Gasteiger partial charge is 0.738 e. The van der Waals surface area contributed by atoms with Crippen molar-refractivity contribution in [2.75, 3.05) is 13.2 Å². The van der Waals surface area contributed by atoms with Crippen LogP contribution in [0.25, 0.3) is 0 Å². The van der Waals surface area contributed by atoms with Crippen LogP contribution in [0.15, 0.2) is 0 Å². The van der Waals surface area contributed by atoms with Gasteiger partial charge in [0.25, 0.3) is 0 Å². The third kappa shape index (κ3) is 5.80. The summed E-state index contributed by atoms with van der Waals surface area (Å²) in [5, 5.41) is 16.7. The zero-order valence-electron chi connectivity index (χ0n) is 4.41. The number of nitrogens with two attached hydrogens (primary N) is 1. The van der Waals surface area contributed by atoms with Gasteiger partial charge in [-0.05, 0) is 13.0 Å². The zero-order chi connectivity index (χ0) is 6.41. The van der Waals surface area contributed by atoms with Crippen molar-refractivity contribution in [1.82, 2.24) is 5.39 Å². The molecule has 0 unspecified atom stereocenters. The van der Waals surface area contributed by atoms with Gasteiger partial charge in [-0.2, -0.15) is 0 Å². The third-order valence-corrected chi connectivity index (χ3v) is 0.550. The summed E-state index contributed by atoms with van der Waals surface area (Å²) < 4.78 is 0. The smallest absolute Gasteiger partial charge is 0.0712 e. The van der Waals surface area contributed by atoms with Crippen LogP contribution in [0.3, 0.4) is 0 Å². The van der Waals surface area contributed by atoms with Crippen molar-refractivity contribution in [3.05, 3.63) is 5.21 Å². The Morgan fingerprint density at radius 1 is 1.75 bits per heavy atom. The molecule has 0 bridgehead atoms. The van der Waals surface area contributed by atoms with Crippen molar-refractivity contribution in [1.29, 1.82) is 0 Å². The highest BCUT2D eigenvalue weighted by molar-refractivity contribution is 4.32. The van der Waals surface area contributed by atoms with E-state index in [2.05, 4.69) is 4.84 Å². The highest BCUT2D eigenvalue weighted by atomic mass is 17.1. The molecule has 5 nitrogen and oxygen atoms in total. The molecule has 5 heteroatoms. The van der Waals surface area contributed by atoms with Crippen LogP contribution in [0, 0.1) is 5.21 Å². The van der Waals surface area contributed by atoms with Crippen molar-refractivity contribution in [2.24, 2.45) is 5.73 Å². The van der Waals surface area contributed by atoms with Crippen molar-refractivity contribution < 1.29 is 10.0 Å². The average Bonchev–Trinajstić information content (AvgIpc) is 1.66. The Morgan fingerprint density at radius 2 is 2.38 bits per heavy atom. The molecule has 0 aliphatic heterocycles. The van der Waals surface area contributed by atoms with Crippen LogP contribution in [-0.2, 0) is 4.84 Å². The Bertz CT molecular complexity index is 49.8. The van der Waals surface area contributed by atoms with E-state index in [-0.39, 0.29) is 6.61 Å². The van der Waals surface area contributed by atoms with E-state index < -0.39 is 5.39 Å². The van der Waals surface area contributed by atoms with Gasteiger partial charge in [-0.3, -0.25) is 4.84 Å². The molecule has 8 heavy (non-hydrogen) atoms. The molecule has 0 aromatic rings. The quantitative estimate of drug-likeness (QED) is 0.385. The maximum absolute atomic E-state index is 9.53. The fourth-order valence-electron chi connectivity index (χ4n) is 0.226. The van der Waals surface area contributed by atoms with Crippen LogP contribution in [0.4, 0.5) is 0 Å². The summed E-state index contributed by atoms with van der Waals surface area (Å²) >= 11 is 0. The van der Waals surface area contributed by atoms with E-state index in [1.54, 1.807) is 0 Å². The summed E-state index contributed by atoms with van der Waals surface area (Å²) in [5.74, 6) is 0. The van der Waals surface area contributed by atoms with Crippen molar-refractivity contribution in [2.45, 2.75) is 6.42 Å². The molecule has 0 saturated heterocycles. The summed E-state index contributed by atoms with van der Waals surface area (Å²) in [7, 11) is 0. The number of nitrogens with zero attached hydrogens (tertiary/aromatic N) is 1. The summed E-state index contributed by atoms with van der Waals surface area (Å²) in [4.78, 5) is 4.04. The molecule has 0 radical (unpaired) electrons. The summed E-state index contributed by atoms with van der Waals surface area (Å²) in [6.07, 6.45) is 0.569. The molecule has 0 amide bonds. The Morgan fingerprint density at radius 3 is 2.75 bits per heavy atom. The maximum Gasteiger partial charge on any atom is 0.0712 e. The molecular formula is C3H9N2O3-. The SMILES string of the molecule is NCCCON([O-])O. The molecule has 3 N–H and O–H groups in total. The van der Waals surface area contributed by atoms with Crippen LogP contribution in [0.2, 0.25) is 0 Å². The van der Waals surface area contributed by atoms with Gasteiger partial charge in [0.05, 0.1) is 6.61 Å². The Balaban J connectivity index is 2.72. The Labute approximate surface area is 47.1 Å². The first-order valence-corrected chi connectivity index (χ1v) is 2.26. The predicted octanol–water partition coefficient (Wildman–Crippen LogP) is -0.544. The van der Waals surface area contributed by atoms with Gasteiger partial charge >= 0.3 is 0 Å². The molecule has 0 aromatic carbocycles. The van der Waals surface area contributed by atoms with Crippen LogP contribution in [-0.4, -0.2) is 23.7 Å². The highest BCUT2D eigenvalue weighted by Gasteiger charge is 1.82. The molecule has 0 aliphatic carbocycles. The van der Waals surface area contributed by atoms with Gasteiger partial charge in [0, 0.05) is 0 Å². The third-order valence-electron chi connectivity index (χ3n) is 0.550. The number of hydrogen-bond donors (Lipinski definition) is 2. The minimum atomic E-state index is -0.574. The van der Waals surface area contributed by atoms with E-state index in [0.29, 0.717) is 13.0 Å². The lowest BCUT2D eigenvalue weighted by Crippen LogP contribution is -2.14. The lowest BCUT2D eigenvalue weighted by atomic mass is 10.5. The first-order chi connectivity index (χ1) is 3.77. The minimum Gasteiger partial charge on any atom is -0.738 e. The minimum absolute atomic E-state index is 0.163. The van der Waals surface area contributed by atoms with Gasteiger partial charge in [0.15, 0.2) is 0 Å². The molecule has 0 heterocycles. The molecule has 0 spiro atoms. The first-order valence-electron chi connectivity index (χ1n) is 2.26. The molecule has 0 aromatic heterocycles. The monoisotopic (exact) mass is 121 g/mol. The molecule has 0 fully saturated rings. The van der Waals surface area contributed by atoms with E-state index in [1.165, 1.54) is 0 Å². The van der Waals surface area contributed by atoms with Gasteiger partial charge in [-0.25, -0.2) is 0 Å². The van der Waals surface area contributed by atoms with Gasteiger partial charge in [-0.1, -0.05) is 0 Å². The van der Waals surface area contributed by atoms with Crippen molar-refractivity contribution in [3.63, 3.8) is 0 Å². The second-order valence-electron chi connectivity index (χ2n) is 1.21. The Kier molecular flexibility index (Phi) is 4.82. The van der Waals surface area contributed by atoms with E-state index in [4.69, 9.17) is 10.9 Å². The van der Waals surface area contributed by atoms with Crippen LogP contribution in [0.1, 0.15) is 6.42 Å². The van der Waals surface area contributed by atoms with Crippen molar-refractivity contribution >= 4 is 0 Å².